The van der Waals surface area contributed by atoms with E-state index in [0.717, 1.165) is 27.8 Å². The van der Waals surface area contributed by atoms with Gasteiger partial charge in [-0.3, -0.25) is 4.79 Å². The van der Waals surface area contributed by atoms with Gasteiger partial charge in [-0.1, -0.05) is 24.3 Å². The Morgan fingerprint density at radius 1 is 0.833 bits per heavy atom. The Bertz CT molecular complexity index is 1640. The number of imidazole rings is 2. The summed E-state index contributed by atoms with van der Waals surface area (Å²) in [6, 6.07) is 11.4. The van der Waals surface area contributed by atoms with E-state index in [1.165, 1.54) is 12.5 Å². The molecule has 3 N–H and O–H groups in total. The lowest BCUT2D eigenvalue weighted by atomic mass is 9.97. The molecule has 2 aromatic carbocycles. The minimum atomic E-state index is -0.734. The molecule has 218 valence electrons. The zero-order chi connectivity index (χ0) is 30.1. The standard InChI is InChI=1S/C16H19N3O2.C16H17N3O2/c2*1-10-11(14(20)13-7-17-9-18-13)5-4-6-12(10)15-19-16(2,3)8-21-15/h4-7,9,14,20H,8H2,1-3H3,(H,17,18);4-7,9H,8H2,1-3H3,(H,17,18). The minimum Gasteiger partial charge on any atom is -0.475 e. The van der Waals surface area contributed by atoms with Gasteiger partial charge >= 0.3 is 0 Å². The summed E-state index contributed by atoms with van der Waals surface area (Å²) in [5.41, 5.74) is 5.83. The van der Waals surface area contributed by atoms with E-state index in [1.807, 2.05) is 77.9 Å². The average molecular weight is 569 g/mol. The number of ether oxygens (including phenoxy) is 2. The van der Waals surface area contributed by atoms with E-state index in [4.69, 9.17) is 9.47 Å². The number of nitrogens with zero attached hydrogens (tertiary/aromatic N) is 4. The monoisotopic (exact) mass is 568 g/mol. The van der Waals surface area contributed by atoms with Gasteiger partial charge in [-0.2, -0.15) is 0 Å². The molecule has 6 rings (SSSR count). The summed E-state index contributed by atoms with van der Waals surface area (Å²) in [7, 11) is 0. The molecule has 0 fully saturated rings. The first kappa shape index (κ1) is 28.9. The number of aliphatic hydroxyl groups excluding tert-OH is 1. The molecule has 1 unspecified atom stereocenters. The number of hydrogen-bond donors (Lipinski definition) is 3. The SMILES string of the molecule is Cc1c(C(=O)c2cnc[nH]2)cccc1C1=NC(C)(C)CO1.Cc1c(C2=NC(C)(C)CO2)cccc1C(O)c1cnc[nH]1. The van der Waals surface area contributed by atoms with Crippen LogP contribution in [0.5, 0.6) is 0 Å². The van der Waals surface area contributed by atoms with Crippen LogP contribution >= 0.6 is 0 Å². The van der Waals surface area contributed by atoms with Gasteiger partial charge in [0.2, 0.25) is 17.6 Å². The van der Waals surface area contributed by atoms with Crippen LogP contribution < -0.4 is 0 Å². The highest BCUT2D eigenvalue weighted by Gasteiger charge is 2.30. The van der Waals surface area contributed by atoms with Crippen LogP contribution in [-0.2, 0) is 9.47 Å². The van der Waals surface area contributed by atoms with E-state index in [0.29, 0.717) is 42.0 Å². The molecular formula is C32H36N6O4. The molecule has 0 aliphatic carbocycles. The van der Waals surface area contributed by atoms with E-state index >= 15 is 0 Å². The van der Waals surface area contributed by atoms with E-state index in [1.54, 1.807) is 12.5 Å². The Hall–Kier alpha value is -4.57. The minimum absolute atomic E-state index is 0.0790. The first-order chi connectivity index (χ1) is 20.0. The van der Waals surface area contributed by atoms with Gasteiger partial charge in [0.15, 0.2) is 0 Å². The number of aliphatic imine (C=N–C) groups is 2. The highest BCUT2D eigenvalue weighted by Crippen LogP contribution is 2.29. The molecule has 0 bridgehead atoms. The molecule has 10 nitrogen and oxygen atoms in total. The van der Waals surface area contributed by atoms with Crippen molar-refractivity contribution in [2.75, 3.05) is 13.2 Å². The van der Waals surface area contributed by atoms with Crippen LogP contribution in [0, 0.1) is 13.8 Å². The molecule has 0 amide bonds. The lowest BCUT2D eigenvalue weighted by Crippen LogP contribution is -2.17. The van der Waals surface area contributed by atoms with E-state index < -0.39 is 6.10 Å². The van der Waals surface area contributed by atoms with Crippen LogP contribution in [0.25, 0.3) is 0 Å². The molecule has 0 radical (unpaired) electrons. The second-order valence-corrected chi connectivity index (χ2v) is 11.7. The lowest BCUT2D eigenvalue weighted by Gasteiger charge is -2.15. The number of H-pyrrole nitrogens is 2. The summed E-state index contributed by atoms with van der Waals surface area (Å²) in [5.74, 6) is 1.18. The molecule has 0 saturated carbocycles. The summed E-state index contributed by atoms with van der Waals surface area (Å²) < 4.78 is 11.4. The quantitative estimate of drug-likeness (QED) is 0.284. The number of ketones is 1. The first-order valence-electron chi connectivity index (χ1n) is 13.8. The van der Waals surface area contributed by atoms with Crippen molar-refractivity contribution < 1.29 is 19.4 Å². The third-order valence-electron chi connectivity index (χ3n) is 7.20. The summed E-state index contributed by atoms with van der Waals surface area (Å²) in [5, 5.41) is 10.5. The lowest BCUT2D eigenvalue weighted by molar-refractivity contribution is 0.103. The molecule has 4 heterocycles. The Labute approximate surface area is 245 Å². The van der Waals surface area contributed by atoms with Crippen molar-refractivity contribution in [2.24, 2.45) is 9.98 Å². The molecule has 1 atom stereocenters. The van der Waals surface area contributed by atoms with Crippen LogP contribution in [0.15, 0.2) is 71.4 Å². The summed E-state index contributed by atoms with van der Waals surface area (Å²) in [4.78, 5) is 35.3. The summed E-state index contributed by atoms with van der Waals surface area (Å²) >= 11 is 0. The highest BCUT2D eigenvalue weighted by atomic mass is 16.5. The van der Waals surface area contributed by atoms with E-state index in [2.05, 4.69) is 29.9 Å². The van der Waals surface area contributed by atoms with E-state index in [-0.39, 0.29) is 16.9 Å². The molecule has 2 aliphatic heterocycles. The number of benzene rings is 2. The number of carbonyl (C=O) groups excluding carboxylic acids is 1. The van der Waals surface area contributed by atoms with E-state index in [9.17, 15) is 9.90 Å². The van der Waals surface area contributed by atoms with Gasteiger partial charge in [-0.25, -0.2) is 20.0 Å². The molecule has 0 spiro atoms. The second-order valence-electron chi connectivity index (χ2n) is 11.7. The summed E-state index contributed by atoms with van der Waals surface area (Å²) in [6.45, 7) is 13.1. The van der Waals surface area contributed by atoms with Crippen LogP contribution in [0.2, 0.25) is 0 Å². The van der Waals surface area contributed by atoms with Gasteiger partial charge < -0.3 is 24.5 Å². The number of aliphatic hydroxyl groups is 1. The van der Waals surface area contributed by atoms with Crippen LogP contribution in [0.4, 0.5) is 0 Å². The van der Waals surface area contributed by atoms with Gasteiger partial charge in [-0.15, -0.1) is 0 Å². The molecule has 0 saturated heterocycles. The van der Waals surface area contributed by atoms with Crippen LogP contribution in [-0.4, -0.2) is 66.9 Å². The third-order valence-corrected chi connectivity index (χ3v) is 7.20. The molecule has 10 heteroatoms. The number of rotatable bonds is 6. The second kappa shape index (κ2) is 11.4. The average Bonchev–Trinajstić information content (AvgIpc) is 3.77. The van der Waals surface area contributed by atoms with Gasteiger partial charge in [0, 0.05) is 16.7 Å². The predicted octanol–water partition coefficient (Wildman–Crippen LogP) is 4.86. The van der Waals surface area contributed by atoms with Crippen LogP contribution in [0.3, 0.4) is 0 Å². The van der Waals surface area contributed by atoms with Crippen molar-refractivity contribution in [3.63, 3.8) is 0 Å². The van der Waals surface area contributed by atoms with Crippen molar-refractivity contribution in [2.45, 2.75) is 58.7 Å². The van der Waals surface area contributed by atoms with Crippen molar-refractivity contribution >= 4 is 17.6 Å². The normalized spacial score (nSPS) is 17.3. The van der Waals surface area contributed by atoms with Gasteiger partial charge in [0.1, 0.15) is 25.0 Å². The molecule has 42 heavy (non-hydrogen) atoms. The number of aromatic nitrogens is 4. The van der Waals surface area contributed by atoms with Crippen molar-refractivity contribution in [1.29, 1.82) is 0 Å². The van der Waals surface area contributed by atoms with Crippen molar-refractivity contribution in [3.8, 4) is 0 Å². The van der Waals surface area contributed by atoms with Gasteiger partial charge in [0.05, 0.1) is 41.8 Å². The summed E-state index contributed by atoms with van der Waals surface area (Å²) in [6.07, 6.45) is 5.48. The number of aromatic amines is 2. The maximum absolute atomic E-state index is 12.5. The number of hydrogen-bond acceptors (Lipinski definition) is 8. The third kappa shape index (κ3) is 6.03. The number of carbonyl (C=O) groups is 1. The Kier molecular flexibility index (Phi) is 7.83. The molecular weight excluding hydrogens is 532 g/mol. The fourth-order valence-electron chi connectivity index (χ4n) is 4.85. The molecule has 2 aliphatic rings. The smallest absolute Gasteiger partial charge is 0.217 e. The molecule has 2 aromatic heterocycles. The maximum atomic E-state index is 12.5. The fourth-order valence-corrected chi connectivity index (χ4v) is 4.85. The molecule has 4 aromatic rings. The maximum Gasteiger partial charge on any atom is 0.217 e. The zero-order valence-corrected chi connectivity index (χ0v) is 24.7. The van der Waals surface area contributed by atoms with Gasteiger partial charge in [-0.05, 0) is 70.4 Å². The van der Waals surface area contributed by atoms with Crippen LogP contribution in [0.1, 0.15) is 83.4 Å². The van der Waals surface area contributed by atoms with Crippen molar-refractivity contribution in [3.05, 3.63) is 106 Å². The van der Waals surface area contributed by atoms with Crippen molar-refractivity contribution in [1.82, 2.24) is 19.9 Å². The predicted molar refractivity (Wildman–Crippen MR) is 160 cm³/mol. The topological polar surface area (TPSA) is 138 Å². The zero-order valence-electron chi connectivity index (χ0n) is 24.7. The first-order valence-corrected chi connectivity index (χ1v) is 13.8. The fraction of sp³-hybridized carbons (Fsp3) is 0.344. The Morgan fingerprint density at radius 3 is 1.93 bits per heavy atom. The van der Waals surface area contributed by atoms with Gasteiger partial charge in [0.25, 0.3) is 0 Å². The Morgan fingerprint density at radius 2 is 1.40 bits per heavy atom. The largest absolute Gasteiger partial charge is 0.475 e. The number of nitrogens with one attached hydrogen (secondary N) is 2. The highest BCUT2D eigenvalue weighted by molar-refractivity contribution is 6.10. The Balaban J connectivity index is 0.000000168.